The summed E-state index contributed by atoms with van der Waals surface area (Å²) in [6, 6.07) is 0. The van der Waals surface area contributed by atoms with Crippen molar-refractivity contribution in [1.29, 1.82) is 0 Å². The Labute approximate surface area is 86.5 Å². The molecule has 0 aromatic rings. The van der Waals surface area contributed by atoms with E-state index in [0.29, 0.717) is 13.2 Å². The van der Waals surface area contributed by atoms with Crippen molar-refractivity contribution >= 4 is 14.3 Å². The van der Waals surface area contributed by atoms with Crippen LogP contribution in [0.3, 0.4) is 0 Å². The predicted octanol–water partition coefficient (Wildman–Crippen LogP) is 2.05. The molecule has 13 heavy (non-hydrogen) atoms. The first-order chi connectivity index (χ1) is 6.35. The second-order valence-corrected chi connectivity index (χ2v) is 9.80. The summed E-state index contributed by atoms with van der Waals surface area (Å²) in [5.74, 6) is 0. The van der Waals surface area contributed by atoms with E-state index in [-0.39, 0.29) is 0 Å². The molecule has 0 saturated carbocycles. The second-order valence-electron chi connectivity index (χ2n) is 3.51. The topological polar surface area (TPSA) is 40.5 Å². The summed E-state index contributed by atoms with van der Waals surface area (Å²) in [4.78, 5) is 0. The van der Waals surface area contributed by atoms with Crippen LogP contribution in [0.25, 0.3) is 0 Å². The van der Waals surface area contributed by atoms with Crippen molar-refractivity contribution in [3.63, 3.8) is 0 Å². The monoisotopic (exact) mass is 249 g/mol. The van der Waals surface area contributed by atoms with Crippen LogP contribution in [0.4, 0.5) is 0 Å². The Hall–Kier alpha value is 0.463. The van der Waals surface area contributed by atoms with E-state index < -0.39 is 14.3 Å². The standard InChI is InChI=1S/C10H23GeO2/c1-2-3-6-11(7-4-9-12)8-5-10-13/h12-13H,2-10H2,1H3. The first-order valence-corrected chi connectivity index (χ1v) is 9.85. The van der Waals surface area contributed by atoms with E-state index in [1.807, 2.05) is 0 Å². The van der Waals surface area contributed by atoms with Crippen LogP contribution >= 0.6 is 0 Å². The average molecular weight is 248 g/mol. The van der Waals surface area contributed by atoms with E-state index in [9.17, 15) is 0 Å². The maximum atomic E-state index is 8.74. The SMILES string of the molecule is CCC[CH2][Ge]([CH2]CCO)[CH2]CCO. The van der Waals surface area contributed by atoms with E-state index in [0.717, 1.165) is 12.8 Å². The Bertz CT molecular complexity index is 79.9. The first kappa shape index (κ1) is 13.5. The molecular formula is C10H23GeO2. The fourth-order valence-electron chi connectivity index (χ4n) is 1.46. The van der Waals surface area contributed by atoms with Gasteiger partial charge in [0.25, 0.3) is 0 Å². The molecule has 0 aromatic heterocycles. The van der Waals surface area contributed by atoms with Crippen LogP contribution in [-0.4, -0.2) is 37.8 Å². The number of hydrogen-bond donors (Lipinski definition) is 2. The zero-order chi connectivity index (χ0) is 9.94. The summed E-state index contributed by atoms with van der Waals surface area (Å²) in [5, 5.41) is 21.5. The summed E-state index contributed by atoms with van der Waals surface area (Å²) < 4.78 is 0. The van der Waals surface area contributed by atoms with Crippen molar-refractivity contribution in [2.75, 3.05) is 13.2 Å². The van der Waals surface area contributed by atoms with Gasteiger partial charge in [0.2, 0.25) is 0 Å². The number of unbranched alkanes of at least 4 members (excludes halogenated alkanes) is 1. The number of aliphatic hydroxyl groups is 2. The molecule has 0 amide bonds. The molecule has 2 nitrogen and oxygen atoms in total. The molecule has 0 aliphatic heterocycles. The third-order valence-corrected chi connectivity index (χ3v) is 8.94. The zero-order valence-corrected chi connectivity index (χ0v) is 10.9. The van der Waals surface area contributed by atoms with Gasteiger partial charge in [-0.1, -0.05) is 0 Å². The zero-order valence-electron chi connectivity index (χ0n) is 8.76. The molecule has 79 valence electrons. The van der Waals surface area contributed by atoms with Crippen molar-refractivity contribution in [2.24, 2.45) is 0 Å². The molecule has 1 radical (unpaired) electrons. The van der Waals surface area contributed by atoms with Crippen molar-refractivity contribution in [1.82, 2.24) is 0 Å². The Balaban J connectivity index is 3.47. The molecule has 0 bridgehead atoms. The molecule has 0 aliphatic carbocycles. The van der Waals surface area contributed by atoms with Gasteiger partial charge in [0.1, 0.15) is 0 Å². The van der Waals surface area contributed by atoms with Crippen molar-refractivity contribution < 1.29 is 10.2 Å². The third kappa shape index (κ3) is 8.78. The molecule has 0 fully saturated rings. The molecule has 0 unspecified atom stereocenters. The Morgan fingerprint density at radius 2 is 1.31 bits per heavy atom. The molecule has 0 heterocycles. The van der Waals surface area contributed by atoms with Crippen LogP contribution in [0.2, 0.25) is 15.8 Å². The second kappa shape index (κ2) is 10.5. The Kier molecular flexibility index (Phi) is 10.9. The van der Waals surface area contributed by atoms with E-state index in [1.165, 1.54) is 28.6 Å². The molecule has 2 N–H and O–H groups in total. The fraction of sp³-hybridized carbons (Fsp3) is 1.00. The minimum atomic E-state index is -0.872. The molecule has 0 rings (SSSR count). The van der Waals surface area contributed by atoms with Crippen LogP contribution in [-0.2, 0) is 0 Å². The Morgan fingerprint density at radius 3 is 1.69 bits per heavy atom. The third-order valence-electron chi connectivity index (χ3n) is 2.26. The summed E-state index contributed by atoms with van der Waals surface area (Å²) >= 11 is -0.872. The predicted molar refractivity (Wildman–Crippen MR) is 58.5 cm³/mol. The summed E-state index contributed by atoms with van der Waals surface area (Å²) in [6.07, 6.45) is 4.62. The van der Waals surface area contributed by atoms with Crippen LogP contribution in [0, 0.1) is 0 Å². The van der Waals surface area contributed by atoms with Crippen molar-refractivity contribution in [3.05, 3.63) is 0 Å². The van der Waals surface area contributed by atoms with Gasteiger partial charge in [-0.15, -0.1) is 0 Å². The molecule has 0 atom stereocenters. The van der Waals surface area contributed by atoms with Gasteiger partial charge < -0.3 is 0 Å². The molecule has 0 aliphatic rings. The van der Waals surface area contributed by atoms with Crippen molar-refractivity contribution in [2.45, 2.75) is 48.4 Å². The number of aliphatic hydroxyl groups excluding tert-OH is 2. The van der Waals surface area contributed by atoms with Crippen LogP contribution in [0.1, 0.15) is 32.6 Å². The average Bonchev–Trinajstić information content (AvgIpc) is 2.17. The molecule has 0 aromatic carbocycles. The van der Waals surface area contributed by atoms with Gasteiger partial charge in [0, 0.05) is 0 Å². The normalized spacial score (nSPS) is 11.1. The summed E-state index contributed by atoms with van der Waals surface area (Å²) in [7, 11) is 0. The maximum absolute atomic E-state index is 8.74. The van der Waals surface area contributed by atoms with Gasteiger partial charge in [-0.3, -0.25) is 0 Å². The van der Waals surface area contributed by atoms with E-state index in [2.05, 4.69) is 6.92 Å². The number of rotatable bonds is 9. The van der Waals surface area contributed by atoms with E-state index in [1.54, 1.807) is 0 Å². The van der Waals surface area contributed by atoms with Crippen LogP contribution < -0.4 is 0 Å². The molecule has 3 heteroatoms. The van der Waals surface area contributed by atoms with Crippen LogP contribution in [0.5, 0.6) is 0 Å². The fourth-order valence-corrected chi connectivity index (χ4v) is 7.59. The summed E-state index contributed by atoms with van der Waals surface area (Å²) in [5.41, 5.74) is 0. The number of hydrogen-bond acceptors (Lipinski definition) is 2. The van der Waals surface area contributed by atoms with E-state index in [4.69, 9.17) is 10.2 Å². The molecular weight excluding hydrogens is 225 g/mol. The summed E-state index contributed by atoms with van der Waals surface area (Å²) in [6.45, 7) is 2.93. The first-order valence-electron chi connectivity index (χ1n) is 5.40. The van der Waals surface area contributed by atoms with Gasteiger partial charge in [-0.25, -0.2) is 0 Å². The van der Waals surface area contributed by atoms with Gasteiger partial charge in [0.05, 0.1) is 0 Å². The van der Waals surface area contributed by atoms with E-state index >= 15 is 0 Å². The van der Waals surface area contributed by atoms with Gasteiger partial charge in [0.15, 0.2) is 0 Å². The molecule has 0 spiro atoms. The van der Waals surface area contributed by atoms with Gasteiger partial charge >= 0.3 is 86.1 Å². The van der Waals surface area contributed by atoms with Gasteiger partial charge in [-0.2, -0.15) is 0 Å². The van der Waals surface area contributed by atoms with Gasteiger partial charge in [-0.05, 0) is 0 Å². The van der Waals surface area contributed by atoms with Crippen LogP contribution in [0.15, 0.2) is 0 Å². The minimum absolute atomic E-state index is 0.349. The molecule has 0 saturated heterocycles. The quantitative estimate of drug-likeness (QED) is 0.613. The Morgan fingerprint density at radius 1 is 0.846 bits per heavy atom. The van der Waals surface area contributed by atoms with Crippen molar-refractivity contribution in [3.8, 4) is 0 Å².